The van der Waals surface area contributed by atoms with Gasteiger partial charge in [0.05, 0.1) is 11.4 Å². The molecule has 7 heteroatoms. The fraction of sp³-hybridized carbons (Fsp3) is 0.333. The maximum absolute atomic E-state index is 12.6. The molecule has 0 spiro atoms. The molecule has 25 heavy (non-hydrogen) atoms. The SMILES string of the molecule is O=C(c1cccs1)[C@@H]1CCCN(Cc2nc(-c3ccccn3)no2)C1. The Bertz CT molecular complexity index is 832. The summed E-state index contributed by atoms with van der Waals surface area (Å²) >= 11 is 1.51. The second kappa shape index (κ2) is 7.25. The number of Topliss-reactive ketones (excluding diaryl/α,β-unsaturated/α-hetero) is 1. The van der Waals surface area contributed by atoms with Crippen LogP contribution in [-0.4, -0.2) is 38.9 Å². The number of carbonyl (C=O) groups is 1. The summed E-state index contributed by atoms with van der Waals surface area (Å²) < 4.78 is 5.36. The van der Waals surface area contributed by atoms with Crippen LogP contribution in [0.4, 0.5) is 0 Å². The van der Waals surface area contributed by atoms with Crippen molar-refractivity contribution >= 4 is 17.1 Å². The van der Waals surface area contributed by atoms with E-state index in [0.29, 0.717) is 24.0 Å². The quantitative estimate of drug-likeness (QED) is 0.655. The van der Waals surface area contributed by atoms with Crippen molar-refractivity contribution in [1.82, 2.24) is 20.0 Å². The van der Waals surface area contributed by atoms with Crippen molar-refractivity contribution in [2.75, 3.05) is 13.1 Å². The lowest BCUT2D eigenvalue weighted by Crippen LogP contribution is -2.38. The Labute approximate surface area is 149 Å². The third-order valence-electron chi connectivity index (χ3n) is 4.36. The summed E-state index contributed by atoms with van der Waals surface area (Å²) in [6, 6.07) is 9.43. The van der Waals surface area contributed by atoms with Crippen molar-refractivity contribution in [2.24, 2.45) is 5.92 Å². The summed E-state index contributed by atoms with van der Waals surface area (Å²) in [4.78, 5) is 24.3. The van der Waals surface area contributed by atoms with E-state index in [2.05, 4.69) is 20.0 Å². The van der Waals surface area contributed by atoms with Crippen molar-refractivity contribution in [2.45, 2.75) is 19.4 Å². The highest BCUT2D eigenvalue weighted by Crippen LogP contribution is 2.24. The van der Waals surface area contributed by atoms with Crippen molar-refractivity contribution < 1.29 is 9.32 Å². The molecule has 3 aromatic heterocycles. The minimum absolute atomic E-state index is 0.0468. The third-order valence-corrected chi connectivity index (χ3v) is 5.25. The van der Waals surface area contributed by atoms with Gasteiger partial charge in [-0.1, -0.05) is 17.3 Å². The van der Waals surface area contributed by atoms with E-state index in [-0.39, 0.29) is 11.7 Å². The predicted molar refractivity (Wildman–Crippen MR) is 94.2 cm³/mol. The number of carbonyl (C=O) groups excluding carboxylic acids is 1. The Balaban J connectivity index is 1.41. The van der Waals surface area contributed by atoms with Gasteiger partial charge in [-0.2, -0.15) is 4.98 Å². The van der Waals surface area contributed by atoms with Crippen LogP contribution >= 0.6 is 11.3 Å². The zero-order valence-electron chi connectivity index (χ0n) is 13.7. The number of likely N-dealkylation sites (tertiary alicyclic amines) is 1. The predicted octanol–water partition coefficient (Wildman–Crippen LogP) is 3.29. The molecule has 1 aliphatic heterocycles. The lowest BCUT2D eigenvalue weighted by atomic mass is 9.93. The summed E-state index contributed by atoms with van der Waals surface area (Å²) in [7, 11) is 0. The van der Waals surface area contributed by atoms with Crippen LogP contribution in [0.15, 0.2) is 46.4 Å². The van der Waals surface area contributed by atoms with Gasteiger partial charge in [0.15, 0.2) is 5.78 Å². The molecule has 0 radical (unpaired) electrons. The molecule has 3 aromatic rings. The van der Waals surface area contributed by atoms with E-state index in [1.807, 2.05) is 35.7 Å². The minimum atomic E-state index is 0.0468. The lowest BCUT2D eigenvalue weighted by molar-refractivity contribution is 0.0801. The van der Waals surface area contributed by atoms with E-state index in [9.17, 15) is 4.79 Å². The zero-order valence-corrected chi connectivity index (χ0v) is 14.5. The van der Waals surface area contributed by atoms with Crippen LogP contribution in [0.5, 0.6) is 0 Å². The van der Waals surface area contributed by atoms with Crippen LogP contribution in [0, 0.1) is 5.92 Å². The number of ketones is 1. The number of aromatic nitrogens is 3. The summed E-state index contributed by atoms with van der Waals surface area (Å²) in [5.74, 6) is 1.36. The number of rotatable bonds is 5. The van der Waals surface area contributed by atoms with Crippen molar-refractivity contribution in [3.05, 3.63) is 52.7 Å². The second-order valence-corrected chi connectivity index (χ2v) is 7.09. The van der Waals surface area contributed by atoms with Crippen molar-refractivity contribution in [3.8, 4) is 11.5 Å². The molecule has 4 heterocycles. The van der Waals surface area contributed by atoms with Gasteiger partial charge in [-0.05, 0) is 43.0 Å². The van der Waals surface area contributed by atoms with Crippen LogP contribution in [0.25, 0.3) is 11.5 Å². The first-order valence-corrected chi connectivity index (χ1v) is 9.21. The maximum atomic E-state index is 12.6. The Hall–Kier alpha value is -2.38. The molecule has 0 unspecified atom stereocenters. The van der Waals surface area contributed by atoms with E-state index in [0.717, 1.165) is 30.8 Å². The van der Waals surface area contributed by atoms with Gasteiger partial charge in [-0.3, -0.25) is 14.7 Å². The van der Waals surface area contributed by atoms with Gasteiger partial charge < -0.3 is 4.52 Å². The summed E-state index contributed by atoms with van der Waals surface area (Å²) in [6.07, 6.45) is 3.65. The van der Waals surface area contributed by atoms with Crippen LogP contribution in [0.3, 0.4) is 0 Å². The van der Waals surface area contributed by atoms with Crippen LogP contribution in [0.1, 0.15) is 28.4 Å². The van der Waals surface area contributed by atoms with Gasteiger partial charge in [0.25, 0.3) is 0 Å². The zero-order chi connectivity index (χ0) is 17.1. The molecule has 0 bridgehead atoms. The minimum Gasteiger partial charge on any atom is -0.337 e. The van der Waals surface area contributed by atoms with Crippen molar-refractivity contribution in [1.29, 1.82) is 0 Å². The number of nitrogens with zero attached hydrogens (tertiary/aromatic N) is 4. The Kier molecular flexibility index (Phi) is 4.67. The molecule has 1 fully saturated rings. The van der Waals surface area contributed by atoms with E-state index in [4.69, 9.17) is 4.52 Å². The average Bonchev–Trinajstić information content (AvgIpc) is 3.34. The first kappa shape index (κ1) is 16.1. The standard InChI is InChI=1S/C18H18N4O2S/c23-17(15-7-4-10-25-15)13-5-3-9-22(11-13)12-16-20-18(21-24-16)14-6-1-2-8-19-14/h1-2,4,6-8,10,13H,3,5,9,11-12H2/t13-/m1/s1. The molecule has 1 saturated heterocycles. The molecular formula is C18H18N4O2S. The molecule has 0 saturated carbocycles. The summed E-state index contributed by atoms with van der Waals surface area (Å²) in [5.41, 5.74) is 0.696. The third kappa shape index (κ3) is 3.67. The van der Waals surface area contributed by atoms with Gasteiger partial charge in [0.1, 0.15) is 5.69 Å². The normalized spacial score (nSPS) is 18.3. The van der Waals surface area contributed by atoms with Gasteiger partial charge in [0.2, 0.25) is 11.7 Å². The fourth-order valence-electron chi connectivity index (χ4n) is 3.14. The van der Waals surface area contributed by atoms with E-state index >= 15 is 0 Å². The van der Waals surface area contributed by atoms with Gasteiger partial charge in [-0.15, -0.1) is 11.3 Å². The van der Waals surface area contributed by atoms with E-state index < -0.39 is 0 Å². The average molecular weight is 354 g/mol. The number of piperidine rings is 1. The molecule has 0 aromatic carbocycles. The molecule has 6 nitrogen and oxygen atoms in total. The van der Waals surface area contributed by atoms with E-state index in [1.54, 1.807) is 6.20 Å². The number of hydrogen-bond donors (Lipinski definition) is 0. The topological polar surface area (TPSA) is 72.1 Å². The highest BCUT2D eigenvalue weighted by molar-refractivity contribution is 7.12. The molecule has 0 N–H and O–H groups in total. The van der Waals surface area contributed by atoms with Gasteiger partial charge in [0, 0.05) is 18.7 Å². The Morgan fingerprint density at radius 3 is 3.08 bits per heavy atom. The first-order chi connectivity index (χ1) is 12.3. The molecule has 128 valence electrons. The monoisotopic (exact) mass is 354 g/mol. The number of pyridine rings is 1. The molecule has 0 aliphatic carbocycles. The van der Waals surface area contributed by atoms with Crippen LogP contribution < -0.4 is 0 Å². The molecule has 1 aliphatic rings. The first-order valence-electron chi connectivity index (χ1n) is 8.33. The molecule has 4 rings (SSSR count). The summed E-state index contributed by atoms with van der Waals surface area (Å²) in [6.45, 7) is 2.24. The second-order valence-electron chi connectivity index (χ2n) is 6.14. The Morgan fingerprint density at radius 2 is 2.28 bits per heavy atom. The maximum Gasteiger partial charge on any atom is 0.241 e. The van der Waals surface area contributed by atoms with Gasteiger partial charge in [-0.25, -0.2) is 0 Å². The highest BCUT2D eigenvalue weighted by atomic mass is 32.1. The van der Waals surface area contributed by atoms with Crippen LogP contribution in [0.2, 0.25) is 0 Å². The van der Waals surface area contributed by atoms with Crippen molar-refractivity contribution in [3.63, 3.8) is 0 Å². The largest absolute Gasteiger partial charge is 0.337 e. The Morgan fingerprint density at radius 1 is 1.32 bits per heavy atom. The van der Waals surface area contributed by atoms with Gasteiger partial charge >= 0.3 is 0 Å². The number of thiophene rings is 1. The van der Waals surface area contributed by atoms with E-state index in [1.165, 1.54) is 11.3 Å². The molecule has 1 atom stereocenters. The van der Waals surface area contributed by atoms with Crippen LogP contribution in [-0.2, 0) is 6.54 Å². The molecule has 0 amide bonds. The smallest absolute Gasteiger partial charge is 0.241 e. The fourth-order valence-corrected chi connectivity index (χ4v) is 3.89. The highest BCUT2D eigenvalue weighted by Gasteiger charge is 2.28. The summed E-state index contributed by atoms with van der Waals surface area (Å²) in [5, 5.41) is 5.96. The molecular weight excluding hydrogens is 336 g/mol. The number of hydrogen-bond acceptors (Lipinski definition) is 7. The lowest BCUT2D eigenvalue weighted by Gasteiger charge is -2.30.